The van der Waals surface area contributed by atoms with Crippen LogP contribution < -0.4 is 10.4 Å². The molecule has 0 saturated carbocycles. The standard InChI is InChI=1S/C18H17IN2O3/c1-2-20-15-8-3-4-9-16(15)21(18(20)23)11-10-17(22)24-14-7-5-6-13(19)12-14/h3-9,12H,2,10-11H2,1H3. The van der Waals surface area contributed by atoms with Gasteiger partial charge in [-0.1, -0.05) is 18.2 Å². The Hall–Kier alpha value is -2.09. The zero-order valence-electron chi connectivity index (χ0n) is 13.2. The minimum atomic E-state index is -0.350. The van der Waals surface area contributed by atoms with Gasteiger partial charge in [0.2, 0.25) is 0 Å². The van der Waals surface area contributed by atoms with Gasteiger partial charge in [0.15, 0.2) is 0 Å². The Balaban J connectivity index is 1.77. The van der Waals surface area contributed by atoms with E-state index in [1.807, 2.05) is 43.3 Å². The average Bonchev–Trinajstić information content (AvgIpc) is 2.84. The minimum absolute atomic E-state index is 0.0965. The maximum atomic E-state index is 12.5. The normalized spacial score (nSPS) is 10.9. The highest BCUT2D eigenvalue weighted by molar-refractivity contribution is 14.1. The van der Waals surface area contributed by atoms with Crippen LogP contribution >= 0.6 is 22.6 Å². The number of benzene rings is 2. The van der Waals surface area contributed by atoms with Crippen molar-refractivity contribution in [1.82, 2.24) is 9.13 Å². The number of hydrogen-bond acceptors (Lipinski definition) is 3. The van der Waals surface area contributed by atoms with Crippen LogP contribution in [0.15, 0.2) is 53.3 Å². The zero-order chi connectivity index (χ0) is 17.1. The summed E-state index contributed by atoms with van der Waals surface area (Å²) in [6, 6.07) is 14.9. The first-order valence-electron chi connectivity index (χ1n) is 7.74. The summed E-state index contributed by atoms with van der Waals surface area (Å²) in [5.74, 6) is 0.174. The third-order valence-electron chi connectivity index (χ3n) is 3.81. The molecule has 1 heterocycles. The van der Waals surface area contributed by atoms with Crippen LogP contribution in [0.3, 0.4) is 0 Å². The molecule has 2 aromatic carbocycles. The second-order valence-corrected chi connectivity index (χ2v) is 6.59. The average molecular weight is 436 g/mol. The Kier molecular flexibility index (Phi) is 5.03. The lowest BCUT2D eigenvalue weighted by atomic mass is 10.3. The number of hydrogen-bond donors (Lipinski definition) is 0. The predicted octanol–water partition coefficient (Wildman–Crippen LogP) is 3.42. The van der Waals surface area contributed by atoms with Gasteiger partial charge in [-0.2, -0.15) is 0 Å². The molecular weight excluding hydrogens is 419 g/mol. The van der Waals surface area contributed by atoms with Gasteiger partial charge < -0.3 is 4.74 Å². The zero-order valence-corrected chi connectivity index (χ0v) is 15.4. The van der Waals surface area contributed by atoms with Crippen molar-refractivity contribution in [1.29, 1.82) is 0 Å². The van der Waals surface area contributed by atoms with Gasteiger partial charge in [-0.3, -0.25) is 13.9 Å². The third-order valence-corrected chi connectivity index (χ3v) is 4.48. The second kappa shape index (κ2) is 7.21. The van der Waals surface area contributed by atoms with E-state index >= 15 is 0 Å². The Bertz CT molecular complexity index is 943. The molecule has 6 heteroatoms. The number of carbonyl (C=O) groups is 1. The highest BCUT2D eigenvalue weighted by atomic mass is 127. The van der Waals surface area contributed by atoms with E-state index in [-0.39, 0.29) is 18.1 Å². The molecule has 0 bridgehead atoms. The van der Waals surface area contributed by atoms with Crippen LogP contribution in [-0.2, 0) is 17.9 Å². The molecule has 24 heavy (non-hydrogen) atoms. The van der Waals surface area contributed by atoms with E-state index in [9.17, 15) is 9.59 Å². The molecule has 0 aliphatic rings. The summed E-state index contributed by atoms with van der Waals surface area (Å²) in [4.78, 5) is 24.6. The molecule has 0 fully saturated rings. The highest BCUT2D eigenvalue weighted by Gasteiger charge is 2.13. The molecule has 0 spiro atoms. The Labute approximate surface area is 153 Å². The summed E-state index contributed by atoms with van der Waals surface area (Å²) in [5.41, 5.74) is 1.63. The van der Waals surface area contributed by atoms with Crippen molar-refractivity contribution in [2.75, 3.05) is 0 Å². The number of ether oxygens (including phenoxy) is 1. The van der Waals surface area contributed by atoms with E-state index in [4.69, 9.17) is 4.74 Å². The lowest BCUT2D eigenvalue weighted by Gasteiger charge is -2.05. The van der Waals surface area contributed by atoms with Crippen LogP contribution in [0.4, 0.5) is 0 Å². The summed E-state index contributed by atoms with van der Waals surface area (Å²) in [6.07, 6.45) is 0.142. The van der Waals surface area contributed by atoms with Gasteiger partial charge in [0.05, 0.1) is 17.5 Å². The van der Waals surface area contributed by atoms with Crippen LogP contribution in [0.1, 0.15) is 13.3 Å². The van der Waals surface area contributed by atoms with Gasteiger partial charge in [-0.15, -0.1) is 0 Å². The number of aromatic nitrogens is 2. The van der Waals surface area contributed by atoms with Crippen LogP contribution in [0.25, 0.3) is 11.0 Å². The smallest absolute Gasteiger partial charge is 0.329 e. The van der Waals surface area contributed by atoms with Crippen LogP contribution in [0.5, 0.6) is 5.75 Å². The molecule has 0 amide bonds. The quantitative estimate of drug-likeness (QED) is 0.350. The van der Waals surface area contributed by atoms with Gasteiger partial charge in [-0.25, -0.2) is 4.79 Å². The molecule has 1 aromatic heterocycles. The van der Waals surface area contributed by atoms with E-state index in [1.165, 1.54) is 0 Å². The lowest BCUT2D eigenvalue weighted by molar-refractivity contribution is -0.134. The fourth-order valence-corrected chi connectivity index (χ4v) is 3.22. The maximum Gasteiger partial charge on any atom is 0.329 e. The van der Waals surface area contributed by atoms with Crippen molar-refractivity contribution in [3.05, 3.63) is 62.6 Å². The van der Waals surface area contributed by atoms with Crippen molar-refractivity contribution in [3.63, 3.8) is 0 Å². The molecule has 5 nitrogen and oxygen atoms in total. The molecule has 0 N–H and O–H groups in total. The Morgan fingerprint density at radius 2 is 1.79 bits per heavy atom. The van der Waals surface area contributed by atoms with Crippen molar-refractivity contribution in [2.45, 2.75) is 26.4 Å². The van der Waals surface area contributed by atoms with E-state index in [0.717, 1.165) is 14.6 Å². The largest absolute Gasteiger partial charge is 0.426 e. The lowest BCUT2D eigenvalue weighted by Crippen LogP contribution is -2.25. The van der Waals surface area contributed by atoms with Crippen molar-refractivity contribution in [3.8, 4) is 5.75 Å². The molecule has 3 rings (SSSR count). The molecule has 0 atom stereocenters. The molecule has 0 aliphatic heterocycles. The summed E-state index contributed by atoms with van der Waals surface area (Å²) in [7, 11) is 0. The van der Waals surface area contributed by atoms with Gasteiger partial charge in [0, 0.05) is 16.7 Å². The summed E-state index contributed by atoms with van der Waals surface area (Å²) >= 11 is 2.16. The predicted molar refractivity (Wildman–Crippen MR) is 101 cm³/mol. The molecule has 124 valence electrons. The van der Waals surface area contributed by atoms with E-state index in [1.54, 1.807) is 21.3 Å². The summed E-state index contributed by atoms with van der Waals surface area (Å²) in [5, 5.41) is 0. The van der Waals surface area contributed by atoms with E-state index in [2.05, 4.69) is 22.6 Å². The van der Waals surface area contributed by atoms with Crippen molar-refractivity contribution >= 4 is 39.6 Å². The topological polar surface area (TPSA) is 53.2 Å². The van der Waals surface area contributed by atoms with Crippen LogP contribution in [-0.4, -0.2) is 15.1 Å². The molecule has 0 saturated heterocycles. The Morgan fingerprint density at radius 3 is 2.46 bits per heavy atom. The molecule has 0 unspecified atom stereocenters. The highest BCUT2D eigenvalue weighted by Crippen LogP contribution is 2.16. The van der Waals surface area contributed by atoms with Crippen LogP contribution in [0.2, 0.25) is 0 Å². The molecular formula is C18H17IN2O3. The number of rotatable bonds is 5. The summed E-state index contributed by atoms with van der Waals surface area (Å²) < 4.78 is 9.68. The molecule has 3 aromatic rings. The number of imidazole rings is 1. The van der Waals surface area contributed by atoms with Crippen LogP contribution in [0, 0.1) is 3.57 Å². The fraction of sp³-hybridized carbons (Fsp3) is 0.222. The number of carbonyl (C=O) groups excluding carboxylic acids is 1. The van der Waals surface area contributed by atoms with Gasteiger partial charge >= 0.3 is 11.7 Å². The number of esters is 1. The first-order chi connectivity index (χ1) is 11.6. The van der Waals surface area contributed by atoms with E-state index in [0.29, 0.717) is 18.8 Å². The Morgan fingerprint density at radius 1 is 1.08 bits per heavy atom. The maximum absolute atomic E-state index is 12.5. The third kappa shape index (κ3) is 3.38. The number of para-hydroxylation sites is 2. The second-order valence-electron chi connectivity index (χ2n) is 5.35. The van der Waals surface area contributed by atoms with Crippen molar-refractivity contribution < 1.29 is 9.53 Å². The van der Waals surface area contributed by atoms with Crippen molar-refractivity contribution in [2.24, 2.45) is 0 Å². The van der Waals surface area contributed by atoms with E-state index < -0.39 is 0 Å². The number of aryl methyl sites for hydroxylation is 2. The monoisotopic (exact) mass is 436 g/mol. The number of fused-ring (bicyclic) bond motifs is 1. The van der Waals surface area contributed by atoms with Gasteiger partial charge in [0.1, 0.15) is 5.75 Å². The van der Waals surface area contributed by atoms with Gasteiger partial charge in [0.25, 0.3) is 0 Å². The first kappa shape index (κ1) is 16.8. The number of nitrogens with zero attached hydrogens (tertiary/aromatic N) is 2. The molecule has 0 aliphatic carbocycles. The summed E-state index contributed by atoms with van der Waals surface area (Å²) in [6.45, 7) is 2.83. The first-order valence-corrected chi connectivity index (χ1v) is 8.82. The fourth-order valence-electron chi connectivity index (χ4n) is 2.71. The number of halogens is 1. The molecule has 0 radical (unpaired) electrons. The minimum Gasteiger partial charge on any atom is -0.426 e. The van der Waals surface area contributed by atoms with Gasteiger partial charge in [-0.05, 0) is 59.8 Å². The SMILES string of the molecule is CCn1c(=O)n(CCC(=O)Oc2cccc(I)c2)c2ccccc21.